The molecular formula is C17H21N5O. The van der Waals surface area contributed by atoms with Gasteiger partial charge in [-0.05, 0) is 18.2 Å². The van der Waals surface area contributed by atoms with E-state index in [0.717, 1.165) is 37.8 Å². The van der Waals surface area contributed by atoms with E-state index in [4.69, 9.17) is 0 Å². The molecule has 2 heterocycles. The van der Waals surface area contributed by atoms with Crippen molar-refractivity contribution in [3.05, 3.63) is 48.8 Å². The molecule has 6 nitrogen and oxygen atoms in total. The Labute approximate surface area is 136 Å². The van der Waals surface area contributed by atoms with Gasteiger partial charge in [-0.25, -0.2) is 9.97 Å². The second kappa shape index (κ2) is 7.19. The first-order valence-corrected chi connectivity index (χ1v) is 7.80. The Hall–Kier alpha value is -2.47. The fourth-order valence-electron chi connectivity index (χ4n) is 2.65. The minimum absolute atomic E-state index is 0.112. The Morgan fingerprint density at radius 2 is 1.70 bits per heavy atom. The molecule has 0 atom stereocenters. The summed E-state index contributed by atoms with van der Waals surface area (Å²) in [5.41, 5.74) is 0.925. The van der Waals surface area contributed by atoms with Crippen molar-refractivity contribution < 1.29 is 4.79 Å². The van der Waals surface area contributed by atoms with Crippen molar-refractivity contribution in [1.82, 2.24) is 14.9 Å². The largest absolute Gasteiger partial charge is 0.338 e. The van der Waals surface area contributed by atoms with E-state index in [0.29, 0.717) is 6.54 Å². The normalized spacial score (nSPS) is 15.4. The summed E-state index contributed by atoms with van der Waals surface area (Å²) < 4.78 is 0. The van der Waals surface area contributed by atoms with Gasteiger partial charge in [-0.1, -0.05) is 18.2 Å². The summed E-state index contributed by atoms with van der Waals surface area (Å²) in [5.74, 6) is 0.875. The average Bonchev–Trinajstić information content (AvgIpc) is 2.63. The number of piperazine rings is 1. The van der Waals surface area contributed by atoms with Crippen LogP contribution in [0.3, 0.4) is 0 Å². The fraction of sp³-hybridized carbons (Fsp3) is 0.353. The zero-order valence-electron chi connectivity index (χ0n) is 13.3. The van der Waals surface area contributed by atoms with Crippen molar-refractivity contribution in [1.29, 1.82) is 0 Å². The number of nitrogens with zero attached hydrogens (tertiary/aromatic N) is 5. The fourth-order valence-corrected chi connectivity index (χ4v) is 2.65. The molecule has 0 aliphatic carbocycles. The van der Waals surface area contributed by atoms with Gasteiger partial charge in [-0.3, -0.25) is 9.69 Å². The van der Waals surface area contributed by atoms with Gasteiger partial charge >= 0.3 is 0 Å². The summed E-state index contributed by atoms with van der Waals surface area (Å²) in [7, 11) is 1.83. The Bertz CT molecular complexity index is 626. The van der Waals surface area contributed by atoms with E-state index in [-0.39, 0.29) is 5.91 Å². The molecule has 0 radical (unpaired) electrons. The van der Waals surface area contributed by atoms with E-state index in [9.17, 15) is 4.79 Å². The lowest BCUT2D eigenvalue weighted by Crippen LogP contribution is -2.50. The number of hydrogen-bond acceptors (Lipinski definition) is 5. The predicted molar refractivity (Wildman–Crippen MR) is 90.5 cm³/mol. The third kappa shape index (κ3) is 3.84. The third-order valence-corrected chi connectivity index (χ3v) is 4.08. The summed E-state index contributed by atoms with van der Waals surface area (Å²) in [4.78, 5) is 27.0. The number of hydrogen-bond donors (Lipinski definition) is 0. The van der Waals surface area contributed by atoms with Crippen LogP contribution in [0.5, 0.6) is 0 Å². The molecule has 3 rings (SSSR count). The number of anilines is 2. The second-order valence-corrected chi connectivity index (χ2v) is 5.60. The van der Waals surface area contributed by atoms with Crippen LogP contribution in [0.4, 0.5) is 11.6 Å². The lowest BCUT2D eigenvalue weighted by atomic mass is 10.2. The zero-order chi connectivity index (χ0) is 16.1. The Balaban J connectivity index is 1.52. The molecule has 0 saturated carbocycles. The molecule has 6 heteroatoms. The van der Waals surface area contributed by atoms with Crippen molar-refractivity contribution in [2.24, 2.45) is 0 Å². The Morgan fingerprint density at radius 1 is 1.04 bits per heavy atom. The van der Waals surface area contributed by atoms with Crippen LogP contribution in [0.1, 0.15) is 0 Å². The highest BCUT2D eigenvalue weighted by molar-refractivity contribution is 5.94. The molecule has 0 bridgehead atoms. The minimum atomic E-state index is 0.112. The molecule has 1 aromatic heterocycles. The van der Waals surface area contributed by atoms with Crippen LogP contribution < -0.4 is 9.80 Å². The van der Waals surface area contributed by atoms with Crippen molar-refractivity contribution >= 4 is 17.5 Å². The van der Waals surface area contributed by atoms with Crippen molar-refractivity contribution in [2.45, 2.75) is 0 Å². The first kappa shape index (κ1) is 15.4. The third-order valence-electron chi connectivity index (χ3n) is 4.08. The molecule has 0 N–H and O–H groups in total. The predicted octanol–water partition coefficient (Wildman–Crippen LogP) is 1.26. The summed E-state index contributed by atoms with van der Waals surface area (Å²) in [6, 6.07) is 11.5. The summed E-state index contributed by atoms with van der Waals surface area (Å²) in [5, 5.41) is 0. The van der Waals surface area contributed by atoms with Crippen LogP contribution in [-0.4, -0.2) is 60.5 Å². The first-order valence-electron chi connectivity index (χ1n) is 7.80. The maximum Gasteiger partial charge on any atom is 0.240 e. The van der Waals surface area contributed by atoms with Gasteiger partial charge in [0.25, 0.3) is 0 Å². The molecule has 1 saturated heterocycles. The standard InChI is InChI=1S/C17H21N5O/c1-20(15-6-3-2-4-7-15)16(23)14-21-10-12-22(13-11-21)17-18-8-5-9-19-17/h2-9H,10-14H2,1H3. The van der Waals surface area contributed by atoms with Crippen molar-refractivity contribution in [3.8, 4) is 0 Å². The molecule has 0 spiro atoms. The molecule has 23 heavy (non-hydrogen) atoms. The van der Waals surface area contributed by atoms with E-state index in [2.05, 4.69) is 19.8 Å². The molecular weight excluding hydrogens is 290 g/mol. The average molecular weight is 311 g/mol. The summed E-state index contributed by atoms with van der Waals surface area (Å²) >= 11 is 0. The monoisotopic (exact) mass is 311 g/mol. The molecule has 1 amide bonds. The number of aromatic nitrogens is 2. The maximum atomic E-state index is 12.4. The van der Waals surface area contributed by atoms with E-state index in [1.54, 1.807) is 17.3 Å². The molecule has 2 aromatic rings. The number of para-hydroxylation sites is 1. The van der Waals surface area contributed by atoms with Crippen LogP contribution in [0, 0.1) is 0 Å². The minimum Gasteiger partial charge on any atom is -0.338 e. The van der Waals surface area contributed by atoms with Crippen LogP contribution in [0.15, 0.2) is 48.8 Å². The molecule has 1 aliphatic rings. The number of carbonyl (C=O) groups excluding carboxylic acids is 1. The lowest BCUT2D eigenvalue weighted by molar-refractivity contribution is -0.119. The van der Waals surface area contributed by atoms with E-state index in [1.165, 1.54) is 0 Å². The topological polar surface area (TPSA) is 52.6 Å². The van der Waals surface area contributed by atoms with Crippen LogP contribution in [0.2, 0.25) is 0 Å². The summed E-state index contributed by atoms with van der Waals surface area (Å²) in [6.07, 6.45) is 3.51. The number of likely N-dealkylation sites (N-methyl/N-ethyl adjacent to an activating group) is 1. The number of carbonyl (C=O) groups is 1. The smallest absolute Gasteiger partial charge is 0.240 e. The van der Waals surface area contributed by atoms with E-state index in [1.807, 2.05) is 43.4 Å². The Morgan fingerprint density at radius 3 is 2.35 bits per heavy atom. The Kier molecular flexibility index (Phi) is 4.83. The molecule has 1 aliphatic heterocycles. The van der Waals surface area contributed by atoms with E-state index >= 15 is 0 Å². The number of rotatable bonds is 4. The van der Waals surface area contributed by atoms with Crippen molar-refractivity contribution in [2.75, 3.05) is 49.6 Å². The van der Waals surface area contributed by atoms with Gasteiger partial charge in [0.1, 0.15) is 0 Å². The highest BCUT2D eigenvalue weighted by Gasteiger charge is 2.22. The SMILES string of the molecule is CN(C(=O)CN1CCN(c2ncccn2)CC1)c1ccccc1. The molecule has 1 aromatic carbocycles. The van der Waals surface area contributed by atoms with Gasteiger partial charge < -0.3 is 9.80 Å². The number of amides is 1. The lowest BCUT2D eigenvalue weighted by Gasteiger charge is -2.34. The van der Waals surface area contributed by atoms with Gasteiger partial charge in [0, 0.05) is 51.3 Å². The van der Waals surface area contributed by atoms with Gasteiger partial charge in [-0.2, -0.15) is 0 Å². The van der Waals surface area contributed by atoms with E-state index < -0.39 is 0 Å². The van der Waals surface area contributed by atoms with Crippen molar-refractivity contribution in [3.63, 3.8) is 0 Å². The van der Waals surface area contributed by atoms with Gasteiger partial charge in [0.15, 0.2) is 0 Å². The van der Waals surface area contributed by atoms with Crippen LogP contribution in [-0.2, 0) is 4.79 Å². The quantitative estimate of drug-likeness (QED) is 0.851. The van der Waals surface area contributed by atoms with Gasteiger partial charge in [0.2, 0.25) is 11.9 Å². The highest BCUT2D eigenvalue weighted by Crippen LogP contribution is 2.13. The molecule has 0 unspecified atom stereocenters. The summed E-state index contributed by atoms with van der Waals surface area (Å²) in [6.45, 7) is 3.80. The molecule has 120 valence electrons. The molecule has 1 fully saturated rings. The van der Waals surface area contributed by atoms with Gasteiger partial charge in [-0.15, -0.1) is 0 Å². The zero-order valence-corrected chi connectivity index (χ0v) is 13.3. The second-order valence-electron chi connectivity index (χ2n) is 5.60. The number of benzene rings is 1. The van der Waals surface area contributed by atoms with Crippen LogP contribution >= 0.6 is 0 Å². The first-order chi connectivity index (χ1) is 11.2. The highest BCUT2D eigenvalue weighted by atomic mass is 16.2. The van der Waals surface area contributed by atoms with Crippen LogP contribution in [0.25, 0.3) is 0 Å². The van der Waals surface area contributed by atoms with Gasteiger partial charge in [0.05, 0.1) is 6.54 Å². The maximum absolute atomic E-state index is 12.4.